The molecule has 0 amide bonds. The zero-order chi connectivity index (χ0) is 28.0. The molecule has 0 unspecified atom stereocenters. The van der Waals surface area contributed by atoms with E-state index in [4.69, 9.17) is 19.9 Å². The van der Waals surface area contributed by atoms with E-state index in [1.54, 1.807) is 4.57 Å². The summed E-state index contributed by atoms with van der Waals surface area (Å²) in [6.45, 7) is 0. The molecule has 0 aliphatic rings. The van der Waals surface area contributed by atoms with Gasteiger partial charge >= 0.3 is 0 Å². The standard InChI is InChI=1S/C35H22N6O/c42-35-34-36-27-18-7-8-19-28(27)41(34)30-21-10-9-20-29(30)40(35)26-17-11-16-25(22-26)33-38-31(23-12-3-1-4-13-23)37-32(39-33)24-14-5-2-6-15-24/h1-22H. The summed E-state index contributed by atoms with van der Waals surface area (Å²) in [6, 6.07) is 43.2. The first kappa shape index (κ1) is 23.9. The van der Waals surface area contributed by atoms with Crippen molar-refractivity contribution < 1.29 is 0 Å². The Hall–Kier alpha value is -5.95. The van der Waals surface area contributed by atoms with Gasteiger partial charge < -0.3 is 0 Å². The molecule has 0 saturated heterocycles. The fourth-order valence-corrected chi connectivity index (χ4v) is 5.44. The predicted octanol–water partition coefficient (Wildman–Crippen LogP) is 6.98. The van der Waals surface area contributed by atoms with Crippen molar-refractivity contribution >= 4 is 27.7 Å². The highest BCUT2D eigenvalue weighted by atomic mass is 16.1. The molecule has 7 nitrogen and oxygen atoms in total. The molecule has 0 saturated carbocycles. The van der Waals surface area contributed by atoms with Crippen LogP contribution in [0.1, 0.15) is 0 Å². The summed E-state index contributed by atoms with van der Waals surface area (Å²) < 4.78 is 3.66. The van der Waals surface area contributed by atoms with Gasteiger partial charge in [0.2, 0.25) is 5.65 Å². The van der Waals surface area contributed by atoms with Gasteiger partial charge in [0.05, 0.1) is 27.8 Å². The van der Waals surface area contributed by atoms with Gasteiger partial charge in [-0.1, -0.05) is 97.1 Å². The van der Waals surface area contributed by atoms with Gasteiger partial charge in [-0.2, -0.15) is 0 Å². The monoisotopic (exact) mass is 542 g/mol. The highest BCUT2D eigenvalue weighted by Gasteiger charge is 2.18. The lowest BCUT2D eigenvalue weighted by Crippen LogP contribution is -2.21. The summed E-state index contributed by atoms with van der Waals surface area (Å²) in [5, 5.41) is 0. The summed E-state index contributed by atoms with van der Waals surface area (Å²) in [5.41, 5.74) is 6.78. The molecular formula is C35H22N6O. The van der Waals surface area contributed by atoms with E-state index in [-0.39, 0.29) is 5.56 Å². The van der Waals surface area contributed by atoms with Crippen molar-refractivity contribution in [1.82, 2.24) is 28.9 Å². The fraction of sp³-hybridized carbons (Fsp3) is 0. The number of benzene rings is 5. The first-order valence-electron chi connectivity index (χ1n) is 13.6. The summed E-state index contributed by atoms with van der Waals surface area (Å²) in [5.74, 6) is 1.69. The van der Waals surface area contributed by atoms with Crippen molar-refractivity contribution in [2.45, 2.75) is 0 Å². The van der Waals surface area contributed by atoms with E-state index >= 15 is 0 Å². The van der Waals surface area contributed by atoms with Crippen molar-refractivity contribution in [2.75, 3.05) is 0 Å². The van der Waals surface area contributed by atoms with Crippen molar-refractivity contribution in [2.24, 2.45) is 0 Å². The molecule has 0 aliphatic carbocycles. The summed E-state index contributed by atoms with van der Waals surface area (Å²) in [6.07, 6.45) is 0. The molecule has 198 valence electrons. The normalized spacial score (nSPS) is 11.4. The highest BCUT2D eigenvalue weighted by molar-refractivity contribution is 5.89. The Labute approximate surface area is 240 Å². The van der Waals surface area contributed by atoms with Crippen molar-refractivity contribution in [3.05, 3.63) is 144 Å². The van der Waals surface area contributed by atoms with Crippen LogP contribution in [0.25, 0.3) is 67.6 Å². The number of nitrogens with zero attached hydrogens (tertiary/aromatic N) is 6. The third kappa shape index (κ3) is 3.87. The molecule has 0 atom stereocenters. The van der Waals surface area contributed by atoms with Crippen LogP contribution < -0.4 is 5.56 Å². The van der Waals surface area contributed by atoms with Crippen LogP contribution in [0.4, 0.5) is 0 Å². The van der Waals surface area contributed by atoms with Gasteiger partial charge in [-0.15, -0.1) is 0 Å². The zero-order valence-corrected chi connectivity index (χ0v) is 22.3. The molecule has 0 aliphatic heterocycles. The molecule has 0 N–H and O–H groups in total. The van der Waals surface area contributed by atoms with E-state index in [0.29, 0.717) is 28.8 Å². The average Bonchev–Trinajstić information content (AvgIpc) is 3.46. The van der Waals surface area contributed by atoms with Gasteiger partial charge in [-0.25, -0.2) is 19.9 Å². The Morgan fingerprint density at radius 3 is 1.64 bits per heavy atom. The lowest BCUT2D eigenvalue weighted by Gasteiger charge is -2.14. The minimum atomic E-state index is -0.201. The second kappa shape index (κ2) is 9.60. The maximum Gasteiger partial charge on any atom is 0.299 e. The van der Waals surface area contributed by atoms with Crippen LogP contribution in [-0.4, -0.2) is 28.9 Å². The van der Waals surface area contributed by atoms with Crippen LogP contribution in [0.5, 0.6) is 0 Å². The Balaban J connectivity index is 1.36. The highest BCUT2D eigenvalue weighted by Crippen LogP contribution is 2.28. The van der Waals surface area contributed by atoms with Crippen molar-refractivity contribution in [1.29, 1.82) is 0 Å². The van der Waals surface area contributed by atoms with Crippen LogP contribution in [0.2, 0.25) is 0 Å². The SMILES string of the molecule is O=c1c2nc3ccccc3n2c2ccccc2n1-c1cccc(-c2nc(-c3ccccc3)nc(-c3ccccc3)n2)c1. The predicted molar refractivity (Wildman–Crippen MR) is 165 cm³/mol. The Morgan fingerprint density at radius 2 is 0.976 bits per heavy atom. The molecule has 3 aromatic heterocycles. The molecule has 42 heavy (non-hydrogen) atoms. The van der Waals surface area contributed by atoms with Crippen molar-refractivity contribution in [3.63, 3.8) is 0 Å². The van der Waals surface area contributed by atoms with E-state index in [9.17, 15) is 4.79 Å². The number of aromatic nitrogens is 6. The quantitative estimate of drug-likeness (QED) is 0.240. The molecule has 3 heterocycles. The number of imidazole rings is 1. The van der Waals surface area contributed by atoms with Crippen LogP contribution >= 0.6 is 0 Å². The lowest BCUT2D eigenvalue weighted by molar-refractivity contribution is 1.02. The molecule has 8 aromatic rings. The average molecular weight is 543 g/mol. The third-order valence-electron chi connectivity index (χ3n) is 7.38. The summed E-state index contributed by atoms with van der Waals surface area (Å²) in [7, 11) is 0. The summed E-state index contributed by atoms with van der Waals surface area (Å²) >= 11 is 0. The van der Waals surface area contributed by atoms with Crippen LogP contribution in [-0.2, 0) is 0 Å². The van der Waals surface area contributed by atoms with Gasteiger partial charge in [0.15, 0.2) is 17.5 Å². The topological polar surface area (TPSA) is 78.0 Å². The second-order valence-corrected chi connectivity index (χ2v) is 9.98. The largest absolute Gasteiger partial charge is 0.299 e. The minimum absolute atomic E-state index is 0.201. The van der Waals surface area contributed by atoms with E-state index in [1.807, 2.05) is 138 Å². The number of hydrogen-bond acceptors (Lipinski definition) is 5. The molecule has 7 heteroatoms. The Bertz CT molecular complexity index is 2270. The maximum absolute atomic E-state index is 14.1. The summed E-state index contributed by atoms with van der Waals surface area (Å²) in [4.78, 5) is 33.3. The molecule has 0 spiro atoms. The van der Waals surface area contributed by atoms with Gasteiger partial charge in [0.25, 0.3) is 5.56 Å². The van der Waals surface area contributed by atoms with Gasteiger partial charge in [-0.3, -0.25) is 13.8 Å². The molecule has 0 bridgehead atoms. The van der Waals surface area contributed by atoms with Gasteiger partial charge in [0, 0.05) is 16.7 Å². The number of para-hydroxylation sites is 4. The van der Waals surface area contributed by atoms with Gasteiger partial charge in [0.1, 0.15) is 0 Å². The molecular weight excluding hydrogens is 520 g/mol. The number of fused-ring (bicyclic) bond motifs is 5. The smallest absolute Gasteiger partial charge is 0.286 e. The van der Waals surface area contributed by atoms with Crippen LogP contribution in [0.3, 0.4) is 0 Å². The Kier molecular flexibility index (Phi) is 5.46. The fourth-order valence-electron chi connectivity index (χ4n) is 5.44. The number of rotatable bonds is 4. The minimum Gasteiger partial charge on any atom is -0.286 e. The zero-order valence-electron chi connectivity index (χ0n) is 22.3. The number of hydrogen-bond donors (Lipinski definition) is 0. The van der Waals surface area contributed by atoms with E-state index in [0.717, 1.165) is 38.8 Å². The van der Waals surface area contributed by atoms with Crippen molar-refractivity contribution in [3.8, 4) is 39.9 Å². The maximum atomic E-state index is 14.1. The van der Waals surface area contributed by atoms with E-state index in [2.05, 4.69) is 0 Å². The Morgan fingerprint density at radius 1 is 0.452 bits per heavy atom. The first-order chi connectivity index (χ1) is 20.7. The van der Waals surface area contributed by atoms with E-state index < -0.39 is 0 Å². The lowest BCUT2D eigenvalue weighted by atomic mass is 10.1. The molecule has 0 radical (unpaired) electrons. The molecule has 5 aromatic carbocycles. The second-order valence-electron chi connectivity index (χ2n) is 9.98. The third-order valence-corrected chi connectivity index (χ3v) is 7.38. The van der Waals surface area contributed by atoms with Gasteiger partial charge in [-0.05, 0) is 36.4 Å². The van der Waals surface area contributed by atoms with Crippen LogP contribution in [0, 0.1) is 0 Å². The molecule has 0 fully saturated rings. The molecule has 8 rings (SSSR count). The van der Waals surface area contributed by atoms with E-state index in [1.165, 1.54) is 0 Å². The van der Waals surface area contributed by atoms with Crippen LogP contribution in [0.15, 0.2) is 138 Å². The first-order valence-corrected chi connectivity index (χ1v) is 13.6.